The summed E-state index contributed by atoms with van der Waals surface area (Å²) in [7, 11) is 0. The summed E-state index contributed by atoms with van der Waals surface area (Å²) in [5, 5.41) is 25.5. The van der Waals surface area contributed by atoms with Gasteiger partial charge in [0.25, 0.3) is 0 Å². The quantitative estimate of drug-likeness (QED) is 0.00479. The van der Waals surface area contributed by atoms with Crippen molar-refractivity contribution in [3.8, 4) is 40.2 Å². The van der Waals surface area contributed by atoms with Crippen LogP contribution >= 0.6 is 0 Å². The summed E-state index contributed by atoms with van der Waals surface area (Å²) < 4.78 is 150. The summed E-state index contributed by atoms with van der Waals surface area (Å²) in [4.78, 5) is 69.0. The Morgan fingerprint density at radius 3 is 0.692 bits per heavy atom. The monoisotopic (exact) mass is 1470 g/mol. The van der Waals surface area contributed by atoms with Gasteiger partial charge in [-0.05, 0) is 111 Å². The first-order valence-electron chi connectivity index (χ1n) is 35.0. The van der Waals surface area contributed by atoms with Crippen LogP contribution in [0, 0.1) is 46.5 Å². The van der Waals surface area contributed by atoms with Gasteiger partial charge in [-0.25, -0.2) is 28.8 Å². The first-order valence-corrected chi connectivity index (χ1v) is 35.0. The molecule has 5 rings (SSSR count). The summed E-state index contributed by atoms with van der Waals surface area (Å²) in [5.74, 6) is -26.1. The lowest BCUT2D eigenvalue weighted by Gasteiger charge is -2.13. The van der Waals surface area contributed by atoms with E-state index in [1.807, 2.05) is 0 Å². The van der Waals surface area contributed by atoms with Gasteiger partial charge in [0.05, 0.1) is 56.3 Å². The number of carboxylic acids is 1. The number of carboxylic acid groups (broad SMARTS) is 1. The molecule has 104 heavy (non-hydrogen) atoms. The van der Waals surface area contributed by atoms with Crippen LogP contribution in [0.4, 0.5) is 35.1 Å². The van der Waals surface area contributed by atoms with Gasteiger partial charge in [0.1, 0.15) is 17.2 Å². The third-order valence-corrected chi connectivity index (χ3v) is 15.7. The molecule has 0 bridgehead atoms. The van der Waals surface area contributed by atoms with Gasteiger partial charge < -0.3 is 53.2 Å². The van der Waals surface area contributed by atoms with Gasteiger partial charge in [0.15, 0.2) is 11.5 Å². The van der Waals surface area contributed by atoms with Gasteiger partial charge in [0, 0.05) is 18.2 Å². The van der Waals surface area contributed by atoms with Crippen molar-refractivity contribution in [3.63, 3.8) is 0 Å². The lowest BCUT2D eigenvalue weighted by Crippen LogP contribution is -2.16. The van der Waals surface area contributed by atoms with Gasteiger partial charge in [-0.1, -0.05) is 181 Å². The van der Waals surface area contributed by atoms with E-state index in [0.717, 1.165) is 172 Å². The molecule has 0 fully saturated rings. The van der Waals surface area contributed by atoms with Crippen molar-refractivity contribution in [1.82, 2.24) is 0 Å². The van der Waals surface area contributed by atoms with Crippen LogP contribution in [0.15, 0.2) is 111 Å². The van der Waals surface area contributed by atoms with Crippen LogP contribution in [-0.4, -0.2) is 90.8 Å². The maximum Gasteiger partial charge on any atom is 0.343 e. The minimum atomic E-state index is -2.06. The van der Waals surface area contributed by atoms with E-state index in [4.69, 9.17) is 53.2 Å². The number of rotatable bonds is 50. The van der Waals surface area contributed by atoms with Crippen molar-refractivity contribution in [2.24, 2.45) is 0 Å². The Hall–Kier alpha value is -9.42. The van der Waals surface area contributed by atoms with Crippen LogP contribution in [0.25, 0.3) is 0 Å². The molecular weight excluding hydrogens is 1370 g/mol. The van der Waals surface area contributed by atoms with Crippen LogP contribution in [0.5, 0.6) is 40.2 Å². The Morgan fingerprint density at radius 1 is 0.298 bits per heavy atom. The molecule has 5 aromatic rings. The maximum atomic E-state index is 15.0. The molecule has 17 nitrogen and oxygen atoms in total. The van der Waals surface area contributed by atoms with E-state index in [0.29, 0.717) is 51.1 Å². The molecule has 0 amide bonds. The number of carbonyl (C=O) groups is 6. The molecule has 0 radical (unpaired) electrons. The normalized spacial score (nSPS) is 10.5. The molecule has 0 heterocycles. The van der Waals surface area contributed by atoms with Gasteiger partial charge in [0.2, 0.25) is 58.0 Å². The number of aromatic hydroxyl groups is 2. The lowest BCUT2D eigenvalue weighted by molar-refractivity contribution is -0.138. The summed E-state index contributed by atoms with van der Waals surface area (Å²) in [6.07, 6.45) is 36.0. The average molecular weight is 1470 g/mol. The molecule has 5 aromatic carbocycles. The van der Waals surface area contributed by atoms with E-state index >= 15 is 0 Å². The Labute approximate surface area is 604 Å². The zero-order valence-electron chi connectivity index (χ0n) is 58.3. The zero-order chi connectivity index (χ0) is 75.6. The fourth-order valence-corrected chi connectivity index (χ4v) is 9.87. The molecule has 0 aliphatic carbocycles. The molecular formula is C79H100F8O17. The van der Waals surface area contributed by atoms with E-state index in [9.17, 15) is 63.9 Å². The number of phenolic OH excluding ortho intramolecular Hbond substituents is 2. The van der Waals surface area contributed by atoms with Crippen molar-refractivity contribution in [2.45, 2.75) is 200 Å². The molecule has 0 saturated heterocycles. The third kappa shape index (κ3) is 36.6. The number of hydrogen-bond acceptors (Lipinski definition) is 16. The van der Waals surface area contributed by atoms with Crippen molar-refractivity contribution in [1.29, 1.82) is 0 Å². The smallest absolute Gasteiger partial charge is 0.343 e. The van der Waals surface area contributed by atoms with Crippen LogP contribution in [-0.2, 0) is 28.6 Å². The highest BCUT2D eigenvalue weighted by Gasteiger charge is 2.32. The molecule has 25 heteroatoms. The number of unbranched alkanes of at least 4 members (excludes halogenated alkanes) is 27. The van der Waals surface area contributed by atoms with E-state index in [1.54, 1.807) is 24.3 Å². The first-order chi connectivity index (χ1) is 49.6. The summed E-state index contributed by atoms with van der Waals surface area (Å²) in [5.41, 5.74) is -0.0501. The Balaban J connectivity index is 0.000000746. The van der Waals surface area contributed by atoms with Crippen molar-refractivity contribution in [3.05, 3.63) is 174 Å². The zero-order valence-corrected chi connectivity index (χ0v) is 58.3. The van der Waals surface area contributed by atoms with Crippen molar-refractivity contribution >= 4 is 35.8 Å². The predicted molar refractivity (Wildman–Crippen MR) is 377 cm³/mol. The molecule has 0 unspecified atom stereocenters. The predicted octanol–water partition coefficient (Wildman–Crippen LogP) is 20.4. The highest BCUT2D eigenvalue weighted by Crippen LogP contribution is 2.36. The molecule has 3 N–H and O–H groups in total. The lowest BCUT2D eigenvalue weighted by atomic mass is 10.1. The van der Waals surface area contributed by atoms with E-state index in [1.165, 1.54) is 93.1 Å². The van der Waals surface area contributed by atoms with Crippen molar-refractivity contribution < 1.29 is 117 Å². The van der Waals surface area contributed by atoms with Gasteiger partial charge in [-0.2, -0.15) is 35.1 Å². The van der Waals surface area contributed by atoms with E-state index in [2.05, 4.69) is 19.7 Å². The topological polar surface area (TPSA) is 237 Å². The molecule has 0 aliphatic rings. The number of esters is 5. The van der Waals surface area contributed by atoms with Crippen molar-refractivity contribution in [2.75, 3.05) is 39.6 Å². The van der Waals surface area contributed by atoms with E-state index in [-0.39, 0.29) is 42.0 Å². The Bertz CT molecular complexity index is 3110. The fourth-order valence-electron chi connectivity index (χ4n) is 9.87. The standard InChI is InChI=1S/C50H62F4O10.C22H32O5.C6H2F4O2.CH4/c1-3-41(55)61-35-23-19-15-11-7-5-9-13-17-21-33-59-39-29-25-37(26-30-39)49(57)63-47-43(51)45(53)48(46(54)44(47)52)64-50(58)38-27-31-40(32-28-38)60-34-22-18-14-10-6-8-12-16-20-24-36-62-42(56)4-2;1-2-21(23)27-18-12-10-8-6-4-3-5-7-9-11-17-26-20-15-13-19(14-16-20)22(24)25;7-1-2(8)6(12)4(10)3(9)5(1)11;/h3-4,25-32H,1-2,5-24,33-36H2;2,13-16H,1,3-12,17-18H2,(H,24,25);11-12H;1H4. The largest absolute Gasteiger partial charge is 0.503 e. The number of phenols is 2. The molecule has 0 spiro atoms. The van der Waals surface area contributed by atoms with Crippen LogP contribution < -0.4 is 23.7 Å². The third-order valence-electron chi connectivity index (χ3n) is 15.7. The number of carbonyl (C=O) groups excluding carboxylic acids is 5. The molecule has 574 valence electrons. The average Bonchev–Trinajstić information content (AvgIpc) is 0.701. The minimum absolute atomic E-state index is 0. The SMILES string of the molecule is C.C=CC(=O)OCCCCCCCCCCCCOc1ccc(C(=O)O)cc1.C=CC(=O)OCCCCCCCCCCCCOc1ccc(C(=O)Oc2c(F)c(F)c(OC(=O)c3ccc(OCCCCCCCCCCCCOC(=O)C=C)cc3)c(F)c2F)cc1.Oc1c(F)c(F)c(O)c(F)c1F. The number of hydrogen-bond donors (Lipinski definition) is 3. The molecule has 0 aromatic heterocycles. The Morgan fingerprint density at radius 2 is 0.490 bits per heavy atom. The first kappa shape index (κ1) is 90.7. The van der Waals surface area contributed by atoms with Crippen LogP contribution in [0.2, 0.25) is 0 Å². The van der Waals surface area contributed by atoms with Gasteiger partial charge in [-0.15, -0.1) is 0 Å². The molecule has 0 atom stereocenters. The molecule has 0 saturated carbocycles. The Kier molecular flexibility index (Phi) is 47.3. The highest BCUT2D eigenvalue weighted by molar-refractivity contribution is 5.92. The molecule has 0 aliphatic heterocycles. The van der Waals surface area contributed by atoms with E-state index < -0.39 is 87.4 Å². The highest BCUT2D eigenvalue weighted by atomic mass is 19.2. The van der Waals surface area contributed by atoms with Crippen LogP contribution in [0.3, 0.4) is 0 Å². The summed E-state index contributed by atoms with van der Waals surface area (Å²) in [6, 6.07) is 17.5. The number of aromatic carboxylic acids is 1. The summed E-state index contributed by atoms with van der Waals surface area (Å²) >= 11 is 0. The summed E-state index contributed by atoms with van der Waals surface area (Å²) in [6.45, 7) is 13.0. The van der Waals surface area contributed by atoms with Gasteiger partial charge in [-0.3, -0.25) is 0 Å². The second kappa shape index (κ2) is 54.3. The van der Waals surface area contributed by atoms with Gasteiger partial charge >= 0.3 is 35.8 Å². The maximum absolute atomic E-state index is 15.0. The second-order valence-corrected chi connectivity index (χ2v) is 23.8. The van der Waals surface area contributed by atoms with Crippen LogP contribution in [0.1, 0.15) is 231 Å². The second-order valence-electron chi connectivity index (χ2n) is 23.8. The number of halogens is 8. The fraction of sp³-hybridized carbons (Fsp3) is 0.468. The minimum Gasteiger partial charge on any atom is -0.503 e. The number of benzene rings is 5. The number of ether oxygens (including phenoxy) is 8.